The van der Waals surface area contributed by atoms with E-state index in [1.54, 1.807) is 36.4 Å². The van der Waals surface area contributed by atoms with E-state index in [2.05, 4.69) is 0 Å². The Labute approximate surface area is 234 Å². The summed E-state index contributed by atoms with van der Waals surface area (Å²) in [5.41, 5.74) is 3.23. The molecule has 0 saturated heterocycles. The Morgan fingerprint density at radius 2 is 0.724 bits per heavy atom. The second-order valence-electron chi connectivity index (χ2n) is 6.16. The summed E-state index contributed by atoms with van der Waals surface area (Å²) in [4.78, 5) is 0. The quantitative estimate of drug-likeness (QED) is 0.415. The fourth-order valence-electron chi connectivity index (χ4n) is 2.24. The van der Waals surface area contributed by atoms with E-state index in [0.717, 1.165) is 16.7 Å². The molecule has 0 heterocycles. The monoisotopic (exact) mass is 462 g/mol. The molecular formula is C21H27CaMg2O4P. The van der Waals surface area contributed by atoms with Crippen LogP contribution in [-0.4, -0.2) is 83.8 Å². The average molecular weight is 463 g/mol. The fraction of sp³-hybridized carbons (Fsp3) is 0.143. The van der Waals surface area contributed by atoms with Gasteiger partial charge in [0.1, 0.15) is 17.2 Å². The third kappa shape index (κ3) is 9.40. The van der Waals surface area contributed by atoms with Crippen LogP contribution >= 0.6 is 7.82 Å². The van der Waals surface area contributed by atoms with E-state index in [-0.39, 0.29) is 83.8 Å². The molecule has 0 bridgehead atoms. The van der Waals surface area contributed by atoms with Gasteiger partial charge in [-0.15, -0.1) is 0 Å². The van der Waals surface area contributed by atoms with Crippen LogP contribution in [-0.2, 0) is 4.57 Å². The van der Waals surface area contributed by atoms with Gasteiger partial charge in [-0.3, -0.25) is 0 Å². The van der Waals surface area contributed by atoms with Crippen LogP contribution in [0.3, 0.4) is 0 Å². The van der Waals surface area contributed by atoms with Gasteiger partial charge in [-0.1, -0.05) is 53.1 Å². The maximum Gasteiger partial charge on any atom is 0.316 e. The Balaban J connectivity index is 0.00000261. The van der Waals surface area contributed by atoms with Crippen LogP contribution in [0.5, 0.6) is 17.2 Å². The Bertz CT molecular complexity index is 794. The summed E-state index contributed by atoms with van der Waals surface area (Å²) in [7, 11) is -3.93. The molecule has 3 aromatic rings. The summed E-state index contributed by atoms with van der Waals surface area (Å²) < 4.78 is 30.2. The van der Waals surface area contributed by atoms with Crippen LogP contribution in [0, 0.1) is 20.8 Å². The van der Waals surface area contributed by atoms with Crippen molar-refractivity contribution in [2.24, 2.45) is 0 Å². The number of benzene rings is 3. The average Bonchev–Trinajstić information content (AvgIpc) is 2.61. The Morgan fingerprint density at radius 3 is 0.931 bits per heavy atom. The fourth-order valence-corrected chi connectivity index (χ4v) is 3.49. The van der Waals surface area contributed by atoms with Crippen LogP contribution in [0.4, 0.5) is 0 Å². The normalized spacial score (nSPS) is 9.90. The maximum atomic E-state index is 13.3. The van der Waals surface area contributed by atoms with Crippen LogP contribution < -0.4 is 13.6 Å². The SMILES string of the molecule is Cc1ccc(OP(=O)(Oc2ccc(C)cc2)Oc2ccc(C)cc2)cc1.[CaH2].[MgH2].[MgH2]. The van der Waals surface area contributed by atoms with E-state index in [1.807, 2.05) is 57.2 Å². The minimum Gasteiger partial charge on any atom is 0.316 e. The van der Waals surface area contributed by atoms with Gasteiger partial charge < -0.3 is 13.6 Å². The summed E-state index contributed by atoms with van der Waals surface area (Å²) in [5.74, 6) is 1.24. The summed E-state index contributed by atoms with van der Waals surface area (Å²) in [6, 6.07) is 21.6. The first-order valence-electron chi connectivity index (χ1n) is 8.31. The number of hydrogen-bond donors (Lipinski definition) is 0. The maximum absolute atomic E-state index is 13.3. The van der Waals surface area contributed by atoms with E-state index in [1.165, 1.54) is 0 Å². The van der Waals surface area contributed by atoms with E-state index in [9.17, 15) is 4.57 Å². The van der Waals surface area contributed by atoms with Crippen molar-refractivity contribution < 1.29 is 18.1 Å². The second-order valence-corrected chi connectivity index (χ2v) is 7.60. The number of hydrogen-bond acceptors (Lipinski definition) is 4. The van der Waals surface area contributed by atoms with Crippen molar-refractivity contribution in [2.75, 3.05) is 0 Å². The number of aryl methyl sites for hydroxylation is 3. The minimum atomic E-state index is -3.93. The molecule has 146 valence electrons. The summed E-state index contributed by atoms with van der Waals surface area (Å²) in [5, 5.41) is 0. The van der Waals surface area contributed by atoms with E-state index >= 15 is 0 Å². The van der Waals surface area contributed by atoms with Crippen molar-refractivity contribution in [3.63, 3.8) is 0 Å². The molecule has 4 nitrogen and oxygen atoms in total. The van der Waals surface area contributed by atoms with Gasteiger partial charge in [0, 0.05) is 0 Å². The van der Waals surface area contributed by atoms with Crippen molar-refractivity contribution in [3.05, 3.63) is 89.5 Å². The van der Waals surface area contributed by atoms with Crippen molar-refractivity contribution in [1.29, 1.82) is 0 Å². The second kappa shape index (κ2) is 13.5. The molecule has 0 aromatic heterocycles. The van der Waals surface area contributed by atoms with Crippen LogP contribution in [0.2, 0.25) is 0 Å². The van der Waals surface area contributed by atoms with Gasteiger partial charge in [-0.2, -0.15) is 4.57 Å². The first-order valence-corrected chi connectivity index (χ1v) is 9.77. The van der Waals surface area contributed by atoms with Crippen molar-refractivity contribution in [3.8, 4) is 17.2 Å². The van der Waals surface area contributed by atoms with Gasteiger partial charge in [0.15, 0.2) is 0 Å². The van der Waals surface area contributed by atoms with E-state index in [4.69, 9.17) is 13.6 Å². The number of rotatable bonds is 6. The Hall–Kier alpha value is 0.0822. The molecule has 29 heavy (non-hydrogen) atoms. The largest absolute Gasteiger partial charge is 0.316 e. The first-order chi connectivity index (χ1) is 12.4. The van der Waals surface area contributed by atoms with Crippen molar-refractivity contribution in [1.82, 2.24) is 0 Å². The third-order valence-electron chi connectivity index (χ3n) is 3.71. The molecule has 0 spiro atoms. The van der Waals surface area contributed by atoms with Gasteiger partial charge >= 0.3 is 91.7 Å². The third-order valence-corrected chi connectivity index (χ3v) is 5.02. The molecule has 0 aliphatic heterocycles. The Kier molecular flexibility index (Phi) is 13.5. The molecule has 0 saturated carbocycles. The molecule has 8 heteroatoms. The molecule has 0 atom stereocenters. The number of phosphoric acid groups is 1. The zero-order valence-corrected chi connectivity index (χ0v) is 15.9. The summed E-state index contributed by atoms with van der Waals surface area (Å²) in [6.45, 7) is 5.90. The molecule has 3 aromatic carbocycles. The molecule has 0 aliphatic carbocycles. The predicted molar refractivity (Wildman–Crippen MR) is 129 cm³/mol. The van der Waals surface area contributed by atoms with E-state index in [0.29, 0.717) is 17.2 Å². The molecular weight excluding hydrogens is 436 g/mol. The van der Waals surface area contributed by atoms with Gasteiger partial charge in [-0.05, 0) is 57.2 Å². The van der Waals surface area contributed by atoms with Gasteiger partial charge in [0.25, 0.3) is 0 Å². The van der Waals surface area contributed by atoms with Crippen LogP contribution in [0.15, 0.2) is 72.8 Å². The zero-order chi connectivity index (χ0) is 18.6. The topological polar surface area (TPSA) is 44.8 Å². The van der Waals surface area contributed by atoms with Gasteiger partial charge in [0.05, 0.1) is 0 Å². The number of phosphoric ester groups is 1. The molecule has 0 amide bonds. The molecule has 0 N–H and O–H groups in total. The van der Waals surface area contributed by atoms with Crippen molar-refractivity contribution in [2.45, 2.75) is 20.8 Å². The smallest absolute Gasteiger partial charge is 0.316 e. The van der Waals surface area contributed by atoms with E-state index < -0.39 is 7.82 Å². The van der Waals surface area contributed by atoms with Crippen molar-refractivity contribution >= 4 is 91.7 Å². The predicted octanol–water partition coefficient (Wildman–Crippen LogP) is 3.51. The molecule has 0 aliphatic rings. The Morgan fingerprint density at radius 1 is 0.517 bits per heavy atom. The van der Waals surface area contributed by atoms with Crippen LogP contribution in [0.1, 0.15) is 16.7 Å². The van der Waals surface area contributed by atoms with Crippen LogP contribution in [0.25, 0.3) is 0 Å². The zero-order valence-electron chi connectivity index (χ0n) is 15.0. The summed E-state index contributed by atoms with van der Waals surface area (Å²) >= 11 is 0. The summed E-state index contributed by atoms with van der Waals surface area (Å²) in [6.07, 6.45) is 0. The molecule has 0 radical (unpaired) electrons. The molecule has 0 fully saturated rings. The first kappa shape index (κ1) is 29.1. The van der Waals surface area contributed by atoms with Gasteiger partial charge in [-0.25, -0.2) is 0 Å². The molecule has 3 rings (SSSR count). The standard InChI is InChI=1S/C21H21O4P.Ca.2Mg.6H/c1-16-4-10-19(11-5-16)23-26(22,24-20-12-6-17(2)7-13-20)25-21-14-8-18(3)9-15-21;;;;;;;;;/h4-15H,1-3H3;;;;;;;;;. The molecule has 0 unspecified atom stereocenters. The van der Waals surface area contributed by atoms with Gasteiger partial charge in [0.2, 0.25) is 0 Å². The minimum absolute atomic E-state index is 0.